The minimum absolute atomic E-state index is 0.127. The van der Waals surface area contributed by atoms with Crippen LogP contribution in [-0.2, 0) is 23.0 Å². The van der Waals surface area contributed by atoms with Gasteiger partial charge in [-0.05, 0) is 18.4 Å². The molecule has 1 aliphatic heterocycles. The Hall–Kier alpha value is -2.14. The van der Waals surface area contributed by atoms with E-state index in [-0.39, 0.29) is 23.2 Å². The number of imidazole rings is 1. The van der Waals surface area contributed by atoms with Crippen molar-refractivity contribution in [3.63, 3.8) is 0 Å². The third-order valence-corrected chi connectivity index (χ3v) is 5.43. The lowest BCUT2D eigenvalue weighted by molar-refractivity contribution is -0.154. The van der Waals surface area contributed by atoms with Crippen molar-refractivity contribution in [2.75, 3.05) is 13.2 Å². The van der Waals surface area contributed by atoms with Gasteiger partial charge in [-0.2, -0.15) is 13.2 Å². The highest BCUT2D eigenvalue weighted by Crippen LogP contribution is 2.20. The number of fused-ring (bicyclic) bond motifs is 1. The van der Waals surface area contributed by atoms with E-state index in [9.17, 15) is 21.6 Å². The fraction of sp³-hybridized carbons (Fsp3) is 0.467. The number of nitrogens with one attached hydrogen (secondary N) is 1. The number of hydrogen-bond acceptors (Lipinski definition) is 5. The maximum atomic E-state index is 12.3. The Kier molecular flexibility index (Phi) is 5.19. The predicted molar refractivity (Wildman–Crippen MR) is 85.0 cm³/mol. The largest absolute Gasteiger partial charge is 0.468 e. The highest BCUT2D eigenvalue weighted by molar-refractivity contribution is 7.89. The molecular weight excluding hydrogens is 373 g/mol. The third kappa shape index (κ3) is 4.73. The molecule has 1 atom stereocenters. The van der Waals surface area contributed by atoms with Crippen LogP contribution in [0.4, 0.5) is 13.2 Å². The fourth-order valence-electron chi connectivity index (χ4n) is 2.67. The summed E-state index contributed by atoms with van der Waals surface area (Å²) in [6.07, 6.45) is 1.61. The van der Waals surface area contributed by atoms with Crippen LogP contribution in [0.25, 0.3) is 0 Å². The fourth-order valence-corrected chi connectivity index (χ4v) is 3.73. The lowest BCUT2D eigenvalue weighted by Crippen LogP contribution is -2.33. The molecule has 0 bridgehead atoms. The molecule has 26 heavy (non-hydrogen) atoms. The number of aromatic nitrogens is 3. The second-order valence-corrected chi connectivity index (χ2v) is 7.75. The SMILES string of the molecule is O=S(=O)(NCC1CCn2ccnc2C1)c1ccc(OCC(F)(F)F)nc1. The lowest BCUT2D eigenvalue weighted by Gasteiger charge is -2.23. The van der Waals surface area contributed by atoms with Crippen molar-refractivity contribution in [2.45, 2.75) is 30.5 Å². The molecule has 11 heteroatoms. The van der Waals surface area contributed by atoms with E-state index in [2.05, 4.69) is 19.4 Å². The van der Waals surface area contributed by atoms with E-state index in [4.69, 9.17) is 0 Å². The van der Waals surface area contributed by atoms with Crippen LogP contribution in [0.2, 0.25) is 0 Å². The van der Waals surface area contributed by atoms with Gasteiger partial charge in [-0.3, -0.25) is 0 Å². The quantitative estimate of drug-likeness (QED) is 0.812. The Morgan fingerprint density at radius 1 is 1.31 bits per heavy atom. The highest BCUT2D eigenvalue weighted by atomic mass is 32.2. The molecule has 0 saturated heterocycles. The Morgan fingerprint density at radius 3 is 2.81 bits per heavy atom. The van der Waals surface area contributed by atoms with Crippen molar-refractivity contribution >= 4 is 10.0 Å². The number of sulfonamides is 1. The molecule has 7 nitrogen and oxygen atoms in total. The van der Waals surface area contributed by atoms with Crippen molar-refractivity contribution < 1.29 is 26.3 Å². The van der Waals surface area contributed by atoms with Crippen LogP contribution in [-0.4, -0.2) is 42.3 Å². The zero-order chi connectivity index (χ0) is 18.8. The van der Waals surface area contributed by atoms with Gasteiger partial charge in [0.15, 0.2) is 6.61 Å². The van der Waals surface area contributed by atoms with E-state index < -0.39 is 22.8 Å². The van der Waals surface area contributed by atoms with Gasteiger partial charge in [-0.1, -0.05) is 0 Å². The number of pyridine rings is 1. The first-order valence-corrected chi connectivity index (χ1v) is 9.36. The van der Waals surface area contributed by atoms with E-state index >= 15 is 0 Å². The molecule has 3 heterocycles. The monoisotopic (exact) mass is 390 g/mol. The smallest absolute Gasteiger partial charge is 0.422 e. The normalized spacial score (nSPS) is 17.7. The summed E-state index contributed by atoms with van der Waals surface area (Å²) >= 11 is 0. The molecule has 0 aliphatic carbocycles. The molecule has 2 aromatic heterocycles. The predicted octanol–water partition coefficient (Wildman–Crippen LogP) is 1.76. The van der Waals surface area contributed by atoms with Crippen LogP contribution >= 0.6 is 0 Å². The number of ether oxygens (including phenoxy) is 1. The molecule has 3 rings (SSSR count). The molecule has 0 fully saturated rings. The van der Waals surface area contributed by atoms with E-state index in [0.29, 0.717) is 6.42 Å². The van der Waals surface area contributed by atoms with E-state index in [1.807, 2.05) is 10.8 Å². The molecule has 0 radical (unpaired) electrons. The Bertz CT molecular complexity index is 850. The summed E-state index contributed by atoms with van der Waals surface area (Å²) in [6.45, 7) is -0.447. The summed E-state index contributed by atoms with van der Waals surface area (Å²) in [4.78, 5) is 7.72. The Labute approximate surface area is 148 Å². The van der Waals surface area contributed by atoms with E-state index in [1.54, 1.807) is 6.20 Å². The maximum absolute atomic E-state index is 12.3. The van der Waals surface area contributed by atoms with Gasteiger partial charge in [0.2, 0.25) is 15.9 Å². The molecule has 0 saturated carbocycles. The van der Waals surface area contributed by atoms with Crippen molar-refractivity contribution in [1.82, 2.24) is 19.3 Å². The van der Waals surface area contributed by atoms with Crippen molar-refractivity contribution in [1.29, 1.82) is 0 Å². The van der Waals surface area contributed by atoms with Crippen LogP contribution in [0.5, 0.6) is 5.88 Å². The number of hydrogen-bond donors (Lipinski definition) is 1. The summed E-state index contributed by atoms with van der Waals surface area (Å²) < 4.78 is 69.9. The van der Waals surface area contributed by atoms with Crippen molar-refractivity contribution in [3.8, 4) is 5.88 Å². The van der Waals surface area contributed by atoms with Gasteiger partial charge in [0.25, 0.3) is 0 Å². The molecule has 1 unspecified atom stereocenters. The maximum Gasteiger partial charge on any atom is 0.422 e. The van der Waals surface area contributed by atoms with Crippen molar-refractivity contribution in [2.24, 2.45) is 5.92 Å². The second kappa shape index (κ2) is 7.23. The number of halogens is 3. The molecule has 142 valence electrons. The molecule has 0 spiro atoms. The van der Waals surface area contributed by atoms with Gasteiger partial charge >= 0.3 is 6.18 Å². The Morgan fingerprint density at radius 2 is 2.12 bits per heavy atom. The molecule has 0 aromatic carbocycles. The Balaban J connectivity index is 1.56. The first-order valence-electron chi connectivity index (χ1n) is 7.88. The first kappa shape index (κ1) is 18.6. The van der Waals surface area contributed by atoms with E-state index in [1.165, 1.54) is 0 Å². The number of rotatable bonds is 6. The first-order chi connectivity index (χ1) is 12.2. The summed E-state index contributed by atoms with van der Waals surface area (Å²) in [5, 5.41) is 0. The second-order valence-electron chi connectivity index (χ2n) is 5.98. The average Bonchev–Trinajstić information content (AvgIpc) is 3.06. The van der Waals surface area contributed by atoms with Gasteiger partial charge in [0.05, 0.1) is 6.20 Å². The van der Waals surface area contributed by atoms with Gasteiger partial charge in [0, 0.05) is 38.0 Å². The third-order valence-electron chi connectivity index (χ3n) is 4.02. The summed E-state index contributed by atoms with van der Waals surface area (Å²) in [5.41, 5.74) is 0. The number of aryl methyl sites for hydroxylation is 1. The van der Waals surface area contributed by atoms with Crippen LogP contribution in [0.3, 0.4) is 0 Å². The topological polar surface area (TPSA) is 86.1 Å². The summed E-state index contributed by atoms with van der Waals surface area (Å²) in [6, 6.07) is 2.26. The minimum Gasteiger partial charge on any atom is -0.468 e. The zero-order valence-electron chi connectivity index (χ0n) is 13.6. The van der Waals surface area contributed by atoms with Gasteiger partial charge in [-0.15, -0.1) is 0 Å². The van der Waals surface area contributed by atoms with Gasteiger partial charge in [0.1, 0.15) is 10.7 Å². The van der Waals surface area contributed by atoms with Crippen molar-refractivity contribution in [3.05, 3.63) is 36.5 Å². The molecule has 1 N–H and O–H groups in total. The standard InChI is InChI=1S/C15H17F3N4O3S/c16-15(17,18)10-25-14-2-1-12(9-20-14)26(23,24)21-8-11-3-5-22-6-4-19-13(22)7-11/h1-2,4,6,9,11,21H,3,5,7-8,10H2. The van der Waals surface area contributed by atoms with Crippen LogP contribution < -0.4 is 9.46 Å². The summed E-state index contributed by atoms with van der Waals surface area (Å²) in [7, 11) is -3.80. The van der Waals surface area contributed by atoms with Gasteiger partial charge in [-0.25, -0.2) is 23.1 Å². The lowest BCUT2D eigenvalue weighted by atomic mass is 9.98. The summed E-state index contributed by atoms with van der Waals surface area (Å²) in [5.74, 6) is 0.760. The zero-order valence-corrected chi connectivity index (χ0v) is 14.4. The van der Waals surface area contributed by atoms with E-state index in [0.717, 1.165) is 37.1 Å². The highest BCUT2D eigenvalue weighted by Gasteiger charge is 2.29. The number of alkyl halides is 3. The minimum atomic E-state index is -4.48. The molecule has 1 aliphatic rings. The average molecular weight is 390 g/mol. The van der Waals surface area contributed by atoms with Crippen LogP contribution in [0.15, 0.2) is 35.6 Å². The van der Waals surface area contributed by atoms with Gasteiger partial charge < -0.3 is 9.30 Å². The number of nitrogens with zero attached hydrogens (tertiary/aromatic N) is 3. The molecule has 2 aromatic rings. The van der Waals surface area contributed by atoms with Crippen LogP contribution in [0, 0.1) is 5.92 Å². The molecular formula is C15H17F3N4O3S. The van der Waals surface area contributed by atoms with Crippen LogP contribution in [0.1, 0.15) is 12.2 Å². The molecule has 0 amide bonds.